The quantitative estimate of drug-likeness (QED) is 0.617. The van der Waals surface area contributed by atoms with Crippen LogP contribution in [0.5, 0.6) is 0 Å². The van der Waals surface area contributed by atoms with Crippen molar-refractivity contribution < 1.29 is 0 Å². The van der Waals surface area contributed by atoms with E-state index < -0.39 is 0 Å². The highest BCUT2D eigenvalue weighted by molar-refractivity contribution is 5.77. The van der Waals surface area contributed by atoms with E-state index in [4.69, 9.17) is 5.73 Å². The summed E-state index contributed by atoms with van der Waals surface area (Å²) in [6.07, 6.45) is 2.44. The summed E-state index contributed by atoms with van der Waals surface area (Å²) in [5, 5.41) is 3.16. The monoisotopic (exact) mass is 245 g/mol. The number of rotatable bonds is 5. The van der Waals surface area contributed by atoms with Gasteiger partial charge in [-0.1, -0.05) is 44.2 Å². The predicted molar refractivity (Wildman–Crippen MR) is 76.7 cm³/mol. The van der Waals surface area contributed by atoms with Gasteiger partial charge in [-0.2, -0.15) is 0 Å². The Morgan fingerprint density at radius 3 is 2.56 bits per heavy atom. The Kier molecular flexibility index (Phi) is 3.90. The third-order valence-corrected chi connectivity index (χ3v) is 3.48. The number of benzene rings is 1. The van der Waals surface area contributed by atoms with Crippen molar-refractivity contribution in [2.45, 2.75) is 32.1 Å². The third kappa shape index (κ3) is 3.25. The molecule has 0 heterocycles. The lowest BCUT2D eigenvalue weighted by Crippen LogP contribution is -2.35. The molecule has 2 rings (SSSR count). The Balaban J connectivity index is 1.92. The molecule has 98 valence electrons. The molecular weight excluding hydrogens is 222 g/mol. The highest BCUT2D eigenvalue weighted by Crippen LogP contribution is 2.48. The molecule has 18 heavy (non-hydrogen) atoms. The highest BCUT2D eigenvalue weighted by Gasteiger charge is 2.43. The van der Waals surface area contributed by atoms with Crippen LogP contribution in [0.3, 0.4) is 0 Å². The van der Waals surface area contributed by atoms with Gasteiger partial charge in [0.05, 0.1) is 6.54 Å². The van der Waals surface area contributed by atoms with E-state index in [9.17, 15) is 0 Å². The summed E-state index contributed by atoms with van der Waals surface area (Å²) in [6, 6.07) is 10.6. The average Bonchev–Trinajstić information content (AvgIpc) is 3.16. The van der Waals surface area contributed by atoms with Gasteiger partial charge >= 0.3 is 0 Å². The number of nitrogens with one attached hydrogen (secondary N) is 1. The summed E-state index contributed by atoms with van der Waals surface area (Å²) in [5.74, 6) is 1.16. The summed E-state index contributed by atoms with van der Waals surface area (Å²) in [5.41, 5.74) is 7.52. The Labute approximate surface area is 109 Å². The summed E-state index contributed by atoms with van der Waals surface area (Å²) in [6.45, 7) is 6.00. The molecule has 0 bridgehead atoms. The maximum atomic E-state index is 5.87. The molecule has 3 heteroatoms. The van der Waals surface area contributed by atoms with E-state index in [1.165, 1.54) is 18.4 Å². The Morgan fingerprint density at radius 1 is 1.33 bits per heavy atom. The number of hydrogen-bond acceptors (Lipinski definition) is 1. The second-order valence-electron chi connectivity index (χ2n) is 5.62. The van der Waals surface area contributed by atoms with Gasteiger partial charge in [0.2, 0.25) is 0 Å². The fourth-order valence-corrected chi connectivity index (χ4v) is 2.08. The lowest BCUT2D eigenvalue weighted by atomic mass is 9.96. The van der Waals surface area contributed by atoms with Crippen molar-refractivity contribution in [3.8, 4) is 0 Å². The molecule has 3 N–H and O–H groups in total. The first-order valence-corrected chi connectivity index (χ1v) is 6.72. The van der Waals surface area contributed by atoms with Crippen molar-refractivity contribution in [3.05, 3.63) is 35.9 Å². The van der Waals surface area contributed by atoms with Crippen molar-refractivity contribution in [1.29, 1.82) is 0 Å². The summed E-state index contributed by atoms with van der Waals surface area (Å²) in [7, 11) is 0. The highest BCUT2D eigenvalue weighted by atomic mass is 15.1. The molecule has 1 fully saturated rings. The number of nitrogens with zero attached hydrogens (tertiary/aromatic N) is 1. The molecule has 1 aliphatic carbocycles. The molecular formula is C15H23N3. The van der Waals surface area contributed by atoms with E-state index in [0.717, 1.165) is 13.1 Å². The smallest absolute Gasteiger partial charge is 0.188 e. The van der Waals surface area contributed by atoms with E-state index in [0.29, 0.717) is 11.9 Å². The zero-order chi connectivity index (χ0) is 13.0. The fourth-order valence-electron chi connectivity index (χ4n) is 2.08. The average molecular weight is 245 g/mol. The van der Waals surface area contributed by atoms with E-state index in [-0.39, 0.29) is 5.41 Å². The van der Waals surface area contributed by atoms with Crippen molar-refractivity contribution in [1.82, 2.24) is 5.32 Å². The van der Waals surface area contributed by atoms with Gasteiger partial charge in [-0.05, 0) is 24.3 Å². The number of aliphatic imine (C=N–C) groups is 1. The Bertz CT molecular complexity index is 405. The van der Waals surface area contributed by atoms with Crippen molar-refractivity contribution >= 4 is 5.96 Å². The zero-order valence-electron chi connectivity index (χ0n) is 11.3. The molecule has 1 aromatic rings. The standard InChI is InChI=1S/C15H23N3/c1-12(2)10-17-14(16)18-11-15(8-9-15)13-6-4-3-5-7-13/h3-7,12H,8-11H2,1-2H3,(H3,16,17,18). The van der Waals surface area contributed by atoms with E-state index in [1.807, 2.05) is 0 Å². The zero-order valence-corrected chi connectivity index (χ0v) is 11.3. The van der Waals surface area contributed by atoms with Crippen LogP contribution >= 0.6 is 0 Å². The number of guanidine groups is 1. The molecule has 3 nitrogen and oxygen atoms in total. The molecule has 0 unspecified atom stereocenters. The fraction of sp³-hybridized carbons (Fsp3) is 0.533. The third-order valence-electron chi connectivity index (χ3n) is 3.48. The summed E-state index contributed by atoms with van der Waals surface area (Å²) in [4.78, 5) is 4.49. The first-order valence-electron chi connectivity index (χ1n) is 6.72. The van der Waals surface area contributed by atoms with Gasteiger partial charge < -0.3 is 11.1 Å². The summed E-state index contributed by atoms with van der Waals surface area (Å²) < 4.78 is 0. The SMILES string of the molecule is CC(C)CNC(N)=NCC1(c2ccccc2)CC1. The first kappa shape index (κ1) is 12.9. The lowest BCUT2D eigenvalue weighted by molar-refractivity contribution is 0.619. The Morgan fingerprint density at radius 2 is 2.00 bits per heavy atom. The normalized spacial score (nSPS) is 17.8. The van der Waals surface area contributed by atoms with Gasteiger partial charge in [-0.3, -0.25) is 4.99 Å². The van der Waals surface area contributed by atoms with Crippen LogP contribution in [0.1, 0.15) is 32.3 Å². The molecule has 1 saturated carbocycles. The molecule has 0 saturated heterocycles. The van der Waals surface area contributed by atoms with Gasteiger partial charge in [0.1, 0.15) is 0 Å². The minimum absolute atomic E-state index is 0.255. The van der Waals surface area contributed by atoms with Crippen LogP contribution in [0.15, 0.2) is 35.3 Å². The van der Waals surface area contributed by atoms with E-state index in [2.05, 4.69) is 54.5 Å². The first-order chi connectivity index (χ1) is 8.62. The molecule has 1 aliphatic rings. The topological polar surface area (TPSA) is 50.4 Å². The van der Waals surface area contributed by atoms with Crippen LogP contribution < -0.4 is 11.1 Å². The molecule has 0 radical (unpaired) electrons. The number of nitrogens with two attached hydrogens (primary N) is 1. The Hall–Kier alpha value is -1.51. The van der Waals surface area contributed by atoms with Gasteiger partial charge in [0, 0.05) is 12.0 Å². The van der Waals surface area contributed by atoms with Gasteiger partial charge in [-0.15, -0.1) is 0 Å². The predicted octanol–water partition coefficient (Wildman–Crippen LogP) is 2.28. The van der Waals surface area contributed by atoms with Crippen LogP contribution in [0.2, 0.25) is 0 Å². The molecule has 0 aliphatic heterocycles. The molecule has 0 atom stereocenters. The van der Waals surface area contributed by atoms with Crippen molar-refractivity contribution in [2.24, 2.45) is 16.6 Å². The van der Waals surface area contributed by atoms with Gasteiger partial charge in [-0.25, -0.2) is 0 Å². The maximum absolute atomic E-state index is 5.87. The van der Waals surface area contributed by atoms with Gasteiger partial charge in [0.25, 0.3) is 0 Å². The van der Waals surface area contributed by atoms with Crippen LogP contribution in [0.25, 0.3) is 0 Å². The molecule has 0 amide bonds. The number of hydrogen-bond donors (Lipinski definition) is 2. The largest absolute Gasteiger partial charge is 0.370 e. The van der Waals surface area contributed by atoms with E-state index in [1.54, 1.807) is 0 Å². The maximum Gasteiger partial charge on any atom is 0.188 e. The summed E-state index contributed by atoms with van der Waals surface area (Å²) >= 11 is 0. The second kappa shape index (κ2) is 5.42. The molecule has 1 aromatic carbocycles. The van der Waals surface area contributed by atoms with Crippen LogP contribution in [-0.4, -0.2) is 19.0 Å². The van der Waals surface area contributed by atoms with Crippen LogP contribution in [-0.2, 0) is 5.41 Å². The van der Waals surface area contributed by atoms with Crippen molar-refractivity contribution in [3.63, 3.8) is 0 Å². The second-order valence-corrected chi connectivity index (χ2v) is 5.62. The minimum Gasteiger partial charge on any atom is -0.370 e. The van der Waals surface area contributed by atoms with Crippen LogP contribution in [0, 0.1) is 5.92 Å². The molecule has 0 spiro atoms. The van der Waals surface area contributed by atoms with Gasteiger partial charge in [0.15, 0.2) is 5.96 Å². The lowest BCUT2D eigenvalue weighted by Gasteiger charge is -2.14. The van der Waals surface area contributed by atoms with Crippen LogP contribution in [0.4, 0.5) is 0 Å². The van der Waals surface area contributed by atoms with Crippen molar-refractivity contribution in [2.75, 3.05) is 13.1 Å². The van der Waals surface area contributed by atoms with E-state index >= 15 is 0 Å². The molecule has 0 aromatic heterocycles. The minimum atomic E-state index is 0.255.